The van der Waals surface area contributed by atoms with Gasteiger partial charge in [0.05, 0.1) is 11.6 Å². The molecule has 1 aromatic carbocycles. The molecule has 0 saturated heterocycles. The van der Waals surface area contributed by atoms with E-state index < -0.39 is 6.10 Å². The van der Waals surface area contributed by atoms with Crippen molar-refractivity contribution in [3.8, 4) is 0 Å². The standard InChI is InChI=1S/C14H17ClFNO/c1-3-4-8-17-13-10(6-5-7-11(13)16)12(9(2)18)14(17)15/h5-7,9,18H,3-4,8H2,1-2H3. The maximum Gasteiger partial charge on any atom is 0.147 e. The van der Waals surface area contributed by atoms with Crippen molar-refractivity contribution in [2.45, 2.75) is 39.3 Å². The molecule has 1 heterocycles. The van der Waals surface area contributed by atoms with Crippen molar-refractivity contribution in [3.05, 3.63) is 34.7 Å². The minimum atomic E-state index is -0.704. The van der Waals surface area contributed by atoms with Gasteiger partial charge in [-0.15, -0.1) is 0 Å². The molecule has 0 spiro atoms. The van der Waals surface area contributed by atoms with Gasteiger partial charge < -0.3 is 9.67 Å². The Morgan fingerprint density at radius 1 is 1.44 bits per heavy atom. The average Bonchev–Trinajstić information content (AvgIpc) is 2.60. The average molecular weight is 270 g/mol. The summed E-state index contributed by atoms with van der Waals surface area (Å²) in [5, 5.41) is 11.0. The normalized spacial score (nSPS) is 13.2. The van der Waals surface area contributed by atoms with Crippen LogP contribution < -0.4 is 0 Å². The molecule has 98 valence electrons. The number of benzene rings is 1. The van der Waals surface area contributed by atoms with Crippen LogP contribution in [0.15, 0.2) is 18.2 Å². The summed E-state index contributed by atoms with van der Waals surface area (Å²) in [6.07, 6.45) is 1.23. The monoisotopic (exact) mass is 269 g/mol. The molecule has 4 heteroatoms. The minimum absolute atomic E-state index is 0.294. The van der Waals surface area contributed by atoms with Crippen LogP contribution in [0.5, 0.6) is 0 Å². The SMILES string of the molecule is CCCCn1c(Cl)c(C(C)O)c2cccc(F)c21. The number of nitrogens with zero attached hydrogens (tertiary/aromatic N) is 1. The molecule has 2 rings (SSSR count). The number of rotatable bonds is 4. The van der Waals surface area contributed by atoms with E-state index in [0.717, 1.165) is 12.8 Å². The number of unbranched alkanes of at least 4 members (excludes halogenated alkanes) is 1. The van der Waals surface area contributed by atoms with Crippen LogP contribution in [0, 0.1) is 5.82 Å². The number of para-hydroxylation sites is 1. The fraction of sp³-hybridized carbons (Fsp3) is 0.429. The molecule has 1 atom stereocenters. The molecule has 0 saturated carbocycles. The quantitative estimate of drug-likeness (QED) is 0.880. The van der Waals surface area contributed by atoms with Crippen molar-refractivity contribution >= 4 is 22.5 Å². The largest absolute Gasteiger partial charge is 0.389 e. The number of fused-ring (bicyclic) bond motifs is 1. The smallest absolute Gasteiger partial charge is 0.147 e. The van der Waals surface area contributed by atoms with E-state index >= 15 is 0 Å². The van der Waals surface area contributed by atoms with Gasteiger partial charge in [-0.25, -0.2) is 4.39 Å². The third kappa shape index (κ3) is 2.13. The Kier molecular flexibility index (Phi) is 3.93. The molecule has 0 radical (unpaired) electrons. The summed E-state index contributed by atoms with van der Waals surface area (Å²) in [5.41, 5.74) is 1.11. The van der Waals surface area contributed by atoms with Crippen molar-refractivity contribution in [1.29, 1.82) is 0 Å². The number of aromatic nitrogens is 1. The molecule has 2 aromatic rings. The number of aliphatic hydroxyl groups is 1. The first kappa shape index (κ1) is 13.4. The molecule has 1 unspecified atom stereocenters. The third-order valence-electron chi connectivity index (χ3n) is 3.16. The van der Waals surface area contributed by atoms with Crippen molar-refractivity contribution < 1.29 is 9.50 Å². The lowest BCUT2D eigenvalue weighted by Gasteiger charge is -2.07. The van der Waals surface area contributed by atoms with Gasteiger partial charge in [0, 0.05) is 17.5 Å². The zero-order chi connectivity index (χ0) is 13.3. The fourth-order valence-corrected chi connectivity index (χ4v) is 2.71. The molecule has 0 aliphatic rings. The molecule has 0 aliphatic heterocycles. The van der Waals surface area contributed by atoms with Gasteiger partial charge >= 0.3 is 0 Å². The van der Waals surface area contributed by atoms with Gasteiger partial charge in [-0.1, -0.05) is 37.1 Å². The van der Waals surface area contributed by atoms with E-state index in [9.17, 15) is 9.50 Å². The predicted molar refractivity (Wildman–Crippen MR) is 72.4 cm³/mol. The van der Waals surface area contributed by atoms with E-state index in [1.165, 1.54) is 6.07 Å². The highest BCUT2D eigenvalue weighted by Crippen LogP contribution is 2.35. The van der Waals surface area contributed by atoms with E-state index in [2.05, 4.69) is 6.92 Å². The van der Waals surface area contributed by atoms with Crippen LogP contribution in [0.1, 0.15) is 38.4 Å². The minimum Gasteiger partial charge on any atom is -0.389 e. The summed E-state index contributed by atoms with van der Waals surface area (Å²) in [5.74, 6) is -0.294. The molecule has 1 N–H and O–H groups in total. The molecule has 2 nitrogen and oxygen atoms in total. The van der Waals surface area contributed by atoms with E-state index in [0.29, 0.717) is 28.2 Å². The summed E-state index contributed by atoms with van der Waals surface area (Å²) < 4.78 is 15.7. The number of hydrogen-bond acceptors (Lipinski definition) is 1. The van der Waals surface area contributed by atoms with Gasteiger partial charge in [0.2, 0.25) is 0 Å². The first-order valence-corrected chi connectivity index (χ1v) is 6.59. The van der Waals surface area contributed by atoms with Gasteiger partial charge in [0.15, 0.2) is 0 Å². The second-order valence-electron chi connectivity index (χ2n) is 4.52. The van der Waals surface area contributed by atoms with Crippen LogP contribution in [-0.2, 0) is 6.54 Å². The van der Waals surface area contributed by atoms with Crippen LogP contribution >= 0.6 is 11.6 Å². The predicted octanol–water partition coefficient (Wildman–Crippen LogP) is 4.29. The Morgan fingerprint density at radius 2 is 2.17 bits per heavy atom. The number of aliphatic hydroxyl groups excluding tert-OH is 1. The topological polar surface area (TPSA) is 25.2 Å². The Bertz CT molecular complexity index is 562. The summed E-state index contributed by atoms with van der Waals surface area (Å²) in [6.45, 7) is 4.39. The Balaban J connectivity index is 2.71. The Hall–Kier alpha value is -1.06. The lowest BCUT2D eigenvalue weighted by atomic mass is 10.1. The van der Waals surface area contributed by atoms with Crippen LogP contribution in [0.4, 0.5) is 4.39 Å². The highest BCUT2D eigenvalue weighted by molar-refractivity contribution is 6.32. The van der Waals surface area contributed by atoms with Crippen molar-refractivity contribution in [2.24, 2.45) is 0 Å². The molecule has 0 aliphatic carbocycles. The first-order valence-electron chi connectivity index (χ1n) is 6.22. The van der Waals surface area contributed by atoms with E-state index in [-0.39, 0.29) is 5.82 Å². The van der Waals surface area contributed by atoms with Gasteiger partial charge in [-0.2, -0.15) is 0 Å². The highest BCUT2D eigenvalue weighted by Gasteiger charge is 2.20. The lowest BCUT2D eigenvalue weighted by Crippen LogP contribution is -1.99. The molecule has 0 fully saturated rings. The van der Waals surface area contributed by atoms with Crippen molar-refractivity contribution in [3.63, 3.8) is 0 Å². The number of hydrogen-bond donors (Lipinski definition) is 1. The third-order valence-corrected chi connectivity index (χ3v) is 3.57. The van der Waals surface area contributed by atoms with Gasteiger partial charge in [-0.05, 0) is 19.4 Å². The molecule has 18 heavy (non-hydrogen) atoms. The lowest BCUT2D eigenvalue weighted by molar-refractivity contribution is 0.200. The van der Waals surface area contributed by atoms with Gasteiger partial charge in [-0.3, -0.25) is 0 Å². The highest BCUT2D eigenvalue weighted by atomic mass is 35.5. The van der Waals surface area contributed by atoms with Crippen LogP contribution in [-0.4, -0.2) is 9.67 Å². The van der Waals surface area contributed by atoms with Gasteiger partial charge in [0.25, 0.3) is 0 Å². The molecule has 0 bridgehead atoms. The Morgan fingerprint density at radius 3 is 2.78 bits per heavy atom. The first-order chi connectivity index (χ1) is 8.57. The molecule has 1 aromatic heterocycles. The second kappa shape index (κ2) is 5.29. The maximum atomic E-state index is 14.0. The van der Waals surface area contributed by atoms with Crippen LogP contribution in [0.3, 0.4) is 0 Å². The molecule has 0 amide bonds. The summed E-state index contributed by atoms with van der Waals surface area (Å²) >= 11 is 6.29. The van der Waals surface area contributed by atoms with Crippen molar-refractivity contribution in [1.82, 2.24) is 4.57 Å². The second-order valence-corrected chi connectivity index (χ2v) is 4.88. The van der Waals surface area contributed by atoms with Crippen LogP contribution in [0.2, 0.25) is 5.15 Å². The molecular weight excluding hydrogens is 253 g/mol. The van der Waals surface area contributed by atoms with E-state index in [1.807, 2.05) is 0 Å². The maximum absolute atomic E-state index is 14.0. The van der Waals surface area contributed by atoms with Crippen molar-refractivity contribution in [2.75, 3.05) is 0 Å². The zero-order valence-electron chi connectivity index (χ0n) is 10.6. The fourth-order valence-electron chi connectivity index (χ4n) is 2.29. The van der Waals surface area contributed by atoms with E-state index in [4.69, 9.17) is 11.6 Å². The van der Waals surface area contributed by atoms with E-state index in [1.54, 1.807) is 23.6 Å². The Labute approximate surface area is 111 Å². The number of halogens is 2. The molecular formula is C14H17ClFNO. The summed E-state index contributed by atoms with van der Waals surface area (Å²) in [6, 6.07) is 4.87. The summed E-state index contributed by atoms with van der Waals surface area (Å²) in [7, 11) is 0. The van der Waals surface area contributed by atoms with Gasteiger partial charge in [0.1, 0.15) is 11.0 Å². The van der Waals surface area contributed by atoms with Crippen LogP contribution in [0.25, 0.3) is 10.9 Å². The number of aryl methyl sites for hydroxylation is 1. The summed E-state index contributed by atoms with van der Waals surface area (Å²) in [4.78, 5) is 0. The zero-order valence-corrected chi connectivity index (χ0v) is 11.3.